The number of methoxy groups -OCH3 is 1. The minimum absolute atomic E-state index is 0.0201. The van der Waals surface area contributed by atoms with E-state index in [-0.39, 0.29) is 11.3 Å². The van der Waals surface area contributed by atoms with Crippen LogP contribution in [0.5, 0.6) is 17.2 Å². The van der Waals surface area contributed by atoms with Crippen molar-refractivity contribution in [3.8, 4) is 17.2 Å². The van der Waals surface area contributed by atoms with Crippen LogP contribution < -0.4 is 14.2 Å². The molecule has 224 valence electrons. The van der Waals surface area contributed by atoms with Crippen LogP contribution in [0.2, 0.25) is 0 Å². The van der Waals surface area contributed by atoms with E-state index in [0.29, 0.717) is 67.9 Å². The van der Waals surface area contributed by atoms with Gasteiger partial charge in [0.15, 0.2) is 11.5 Å². The van der Waals surface area contributed by atoms with Crippen LogP contribution in [0.4, 0.5) is 0 Å². The molecule has 2 aliphatic rings. The van der Waals surface area contributed by atoms with Crippen LogP contribution in [0.1, 0.15) is 22.7 Å². The number of aliphatic hydroxyl groups excluding tert-OH is 1. The Hall–Kier alpha value is -4.60. The summed E-state index contributed by atoms with van der Waals surface area (Å²) in [5, 5.41) is 11.5. The normalized spacial score (nSPS) is 18.4. The number of hydrogen-bond acceptors (Lipinski definition) is 8. The molecular weight excluding hydrogens is 548 g/mol. The quantitative estimate of drug-likeness (QED) is 0.143. The molecule has 0 saturated carbocycles. The van der Waals surface area contributed by atoms with Gasteiger partial charge in [-0.25, -0.2) is 0 Å². The van der Waals surface area contributed by atoms with Crippen LogP contribution >= 0.6 is 0 Å². The Morgan fingerprint density at radius 2 is 1.72 bits per heavy atom. The molecule has 2 saturated heterocycles. The number of benzene rings is 3. The minimum Gasteiger partial charge on any atom is -0.507 e. The lowest BCUT2D eigenvalue weighted by atomic mass is 9.95. The van der Waals surface area contributed by atoms with Gasteiger partial charge in [0.1, 0.15) is 24.7 Å². The van der Waals surface area contributed by atoms with E-state index in [1.165, 1.54) is 12.0 Å². The van der Waals surface area contributed by atoms with Crippen molar-refractivity contribution in [2.75, 3.05) is 53.1 Å². The van der Waals surface area contributed by atoms with Gasteiger partial charge in [-0.3, -0.25) is 14.5 Å². The average Bonchev–Trinajstić information content (AvgIpc) is 3.31. The molecule has 0 bridgehead atoms. The molecule has 2 aliphatic heterocycles. The molecule has 0 aliphatic carbocycles. The minimum atomic E-state index is -0.822. The van der Waals surface area contributed by atoms with E-state index in [4.69, 9.17) is 18.9 Å². The molecule has 43 heavy (non-hydrogen) atoms. The van der Waals surface area contributed by atoms with Gasteiger partial charge in [0.05, 0.1) is 31.9 Å². The predicted molar refractivity (Wildman–Crippen MR) is 162 cm³/mol. The second kappa shape index (κ2) is 14.0. The summed E-state index contributed by atoms with van der Waals surface area (Å²) in [6.07, 6.45) is 1.63. The van der Waals surface area contributed by atoms with Gasteiger partial charge in [0.25, 0.3) is 11.7 Å². The summed E-state index contributed by atoms with van der Waals surface area (Å²) >= 11 is 0. The topological polar surface area (TPSA) is 97.8 Å². The van der Waals surface area contributed by atoms with Gasteiger partial charge in [0, 0.05) is 31.7 Å². The molecule has 5 rings (SSSR count). The molecule has 3 aromatic carbocycles. The maximum absolute atomic E-state index is 13.5. The Morgan fingerprint density at radius 3 is 2.42 bits per heavy atom. The highest BCUT2D eigenvalue weighted by Gasteiger charge is 2.46. The fourth-order valence-corrected chi connectivity index (χ4v) is 5.26. The molecule has 2 heterocycles. The van der Waals surface area contributed by atoms with Crippen molar-refractivity contribution in [3.63, 3.8) is 0 Å². The largest absolute Gasteiger partial charge is 0.507 e. The number of carbonyl (C=O) groups excluding carboxylic acids is 2. The van der Waals surface area contributed by atoms with Crippen LogP contribution in [-0.4, -0.2) is 79.7 Å². The highest BCUT2D eigenvalue weighted by molar-refractivity contribution is 6.46. The average molecular weight is 585 g/mol. The first kappa shape index (κ1) is 29.9. The highest BCUT2D eigenvalue weighted by Crippen LogP contribution is 2.42. The van der Waals surface area contributed by atoms with E-state index in [2.05, 4.69) is 11.5 Å². The number of amides is 1. The van der Waals surface area contributed by atoms with Crippen molar-refractivity contribution in [3.05, 3.63) is 108 Å². The van der Waals surface area contributed by atoms with Crippen molar-refractivity contribution >= 4 is 17.4 Å². The van der Waals surface area contributed by atoms with Crippen molar-refractivity contribution in [2.24, 2.45) is 0 Å². The van der Waals surface area contributed by atoms with E-state index in [9.17, 15) is 14.7 Å². The smallest absolute Gasteiger partial charge is 0.295 e. The number of rotatable bonds is 12. The number of nitrogens with zero attached hydrogens (tertiary/aromatic N) is 2. The Bertz CT molecular complexity index is 1460. The lowest BCUT2D eigenvalue weighted by Crippen LogP contribution is -2.42. The molecule has 0 spiro atoms. The highest BCUT2D eigenvalue weighted by atomic mass is 16.5. The van der Waals surface area contributed by atoms with E-state index in [1.54, 1.807) is 48.5 Å². The first-order valence-corrected chi connectivity index (χ1v) is 14.3. The molecule has 1 amide bonds. The van der Waals surface area contributed by atoms with Crippen molar-refractivity contribution in [2.45, 2.75) is 12.6 Å². The van der Waals surface area contributed by atoms with Gasteiger partial charge >= 0.3 is 0 Å². The van der Waals surface area contributed by atoms with E-state index >= 15 is 0 Å². The number of likely N-dealkylation sites (tertiary alicyclic amines) is 1. The molecule has 9 heteroatoms. The van der Waals surface area contributed by atoms with Crippen LogP contribution in [0.3, 0.4) is 0 Å². The maximum Gasteiger partial charge on any atom is 0.295 e. The molecule has 1 N–H and O–H groups in total. The molecular formula is C34H36N2O7. The monoisotopic (exact) mass is 584 g/mol. The Morgan fingerprint density at radius 1 is 0.977 bits per heavy atom. The van der Waals surface area contributed by atoms with Crippen LogP contribution in [0, 0.1) is 0 Å². The fourth-order valence-electron chi connectivity index (χ4n) is 5.26. The summed E-state index contributed by atoms with van der Waals surface area (Å²) in [4.78, 5) is 30.7. The third kappa shape index (κ3) is 6.90. The summed E-state index contributed by atoms with van der Waals surface area (Å²) in [5.41, 5.74) is 2.07. The number of Topliss-reactive ketones (excluding diaryl/α,β-unsaturated/α-hetero) is 1. The van der Waals surface area contributed by atoms with Crippen molar-refractivity contribution < 1.29 is 33.6 Å². The van der Waals surface area contributed by atoms with E-state index in [1.807, 2.05) is 30.3 Å². The number of aliphatic hydroxyl groups is 1. The van der Waals surface area contributed by atoms with Gasteiger partial charge < -0.3 is 29.0 Å². The second-order valence-electron chi connectivity index (χ2n) is 10.3. The Balaban J connectivity index is 1.47. The zero-order valence-electron chi connectivity index (χ0n) is 24.2. The number of ketones is 1. The summed E-state index contributed by atoms with van der Waals surface area (Å²) in [6, 6.07) is 21.1. The Labute approximate surface area is 251 Å². The number of hydrogen-bond donors (Lipinski definition) is 1. The Kier molecular flexibility index (Phi) is 9.76. The predicted octanol–water partition coefficient (Wildman–Crippen LogP) is 4.59. The first-order valence-electron chi connectivity index (χ1n) is 14.3. The third-order valence-corrected chi connectivity index (χ3v) is 7.54. The van der Waals surface area contributed by atoms with Crippen molar-refractivity contribution in [1.82, 2.24) is 9.80 Å². The zero-order valence-corrected chi connectivity index (χ0v) is 24.2. The molecule has 3 aromatic rings. The van der Waals surface area contributed by atoms with E-state index in [0.717, 1.165) is 18.7 Å². The first-order chi connectivity index (χ1) is 21.0. The summed E-state index contributed by atoms with van der Waals surface area (Å²) in [5.74, 6) is -0.0884. The lowest BCUT2D eigenvalue weighted by molar-refractivity contribution is -0.140. The maximum atomic E-state index is 13.5. The van der Waals surface area contributed by atoms with E-state index < -0.39 is 17.7 Å². The molecule has 0 radical (unpaired) electrons. The molecule has 0 aromatic heterocycles. The molecule has 1 unspecified atom stereocenters. The third-order valence-electron chi connectivity index (χ3n) is 7.54. The number of carbonyl (C=O) groups is 2. The van der Waals surface area contributed by atoms with Crippen LogP contribution in [0.15, 0.2) is 91.0 Å². The van der Waals surface area contributed by atoms with Gasteiger partial charge in [0.2, 0.25) is 0 Å². The molecule has 2 fully saturated rings. The number of morpholine rings is 1. The van der Waals surface area contributed by atoms with Gasteiger partial charge in [-0.05, 0) is 47.5 Å². The molecule has 9 nitrogen and oxygen atoms in total. The van der Waals surface area contributed by atoms with Gasteiger partial charge in [-0.1, -0.05) is 49.1 Å². The summed E-state index contributed by atoms with van der Waals surface area (Å²) in [7, 11) is 1.52. The second-order valence-corrected chi connectivity index (χ2v) is 10.3. The number of ether oxygens (including phenoxy) is 4. The van der Waals surface area contributed by atoms with Crippen molar-refractivity contribution in [1.29, 1.82) is 0 Å². The lowest BCUT2D eigenvalue weighted by Gasteiger charge is -2.31. The van der Waals surface area contributed by atoms with Crippen LogP contribution in [0.25, 0.3) is 5.76 Å². The van der Waals surface area contributed by atoms with Gasteiger partial charge in [-0.2, -0.15) is 0 Å². The summed E-state index contributed by atoms with van der Waals surface area (Å²) < 4.78 is 22.6. The fraction of sp³-hybridized carbons (Fsp3) is 0.294. The SMILES string of the molecule is C=CCOc1ccc(C2C(=C(O)c3ccc(OCc4ccccc4)cc3)C(=O)C(=O)N2CCN2CCOCC2)cc1OC. The zero-order chi connectivity index (χ0) is 30.2. The van der Waals surface area contributed by atoms with Crippen LogP contribution in [-0.2, 0) is 20.9 Å². The summed E-state index contributed by atoms with van der Waals surface area (Å²) in [6.45, 7) is 7.98. The molecule has 1 atom stereocenters. The van der Waals surface area contributed by atoms with Gasteiger partial charge in [-0.15, -0.1) is 0 Å². The standard InChI is InChI=1S/C34H36N2O7/c1-3-19-42-28-14-11-26(22-29(28)40-2)31-30(33(38)34(39)36(31)16-15-35-17-20-41-21-18-35)32(37)25-9-12-27(13-10-25)43-23-24-7-5-4-6-8-24/h3-14,22,31,37H,1,15-21,23H2,2H3.